The van der Waals surface area contributed by atoms with Crippen molar-refractivity contribution in [3.05, 3.63) is 23.8 Å². The largest absolute Gasteiger partial charge is 0.371 e. The molecule has 1 aromatic rings. The molecule has 114 valence electrons. The molecule has 21 heavy (non-hydrogen) atoms. The molecule has 3 rings (SSSR count). The highest BCUT2D eigenvalue weighted by Crippen LogP contribution is 2.30. The minimum atomic E-state index is -0.0529. The van der Waals surface area contributed by atoms with Gasteiger partial charge in [-0.2, -0.15) is 0 Å². The Morgan fingerprint density at radius 1 is 1.38 bits per heavy atom. The average Bonchev–Trinajstić information content (AvgIpc) is 3.14. The lowest BCUT2D eigenvalue weighted by Gasteiger charge is -2.17. The van der Waals surface area contributed by atoms with Crippen molar-refractivity contribution in [3.63, 3.8) is 0 Å². The van der Waals surface area contributed by atoms with Crippen LogP contribution in [-0.4, -0.2) is 31.7 Å². The van der Waals surface area contributed by atoms with Crippen molar-refractivity contribution in [2.45, 2.75) is 45.1 Å². The van der Waals surface area contributed by atoms with Crippen LogP contribution < -0.4 is 10.2 Å². The van der Waals surface area contributed by atoms with Crippen LogP contribution in [0.15, 0.2) is 18.2 Å². The zero-order chi connectivity index (χ0) is 14.7. The quantitative estimate of drug-likeness (QED) is 0.905. The Balaban J connectivity index is 1.56. The SMILES string of the molecule is CCN1CCc2ccc(NC(=O)COC3CCCC3)cc21. The van der Waals surface area contributed by atoms with Crippen LogP contribution in [0.4, 0.5) is 11.4 Å². The van der Waals surface area contributed by atoms with Gasteiger partial charge in [0.05, 0.1) is 6.10 Å². The summed E-state index contributed by atoms with van der Waals surface area (Å²) in [5, 5.41) is 2.95. The van der Waals surface area contributed by atoms with Crippen molar-refractivity contribution in [3.8, 4) is 0 Å². The van der Waals surface area contributed by atoms with E-state index in [1.807, 2.05) is 6.07 Å². The number of benzene rings is 1. The molecular weight excluding hydrogens is 264 g/mol. The number of rotatable bonds is 5. The minimum absolute atomic E-state index is 0.0529. The predicted molar refractivity (Wildman–Crippen MR) is 84.9 cm³/mol. The maximum atomic E-state index is 12.0. The first-order chi connectivity index (χ1) is 10.3. The maximum absolute atomic E-state index is 12.0. The highest BCUT2D eigenvalue weighted by Gasteiger charge is 2.19. The van der Waals surface area contributed by atoms with E-state index >= 15 is 0 Å². The Bertz CT molecular complexity index is 510. The third-order valence-electron chi connectivity index (χ3n) is 4.49. The van der Waals surface area contributed by atoms with E-state index in [9.17, 15) is 4.79 Å². The molecule has 0 radical (unpaired) electrons. The molecule has 2 aliphatic rings. The number of carbonyl (C=O) groups excluding carboxylic acids is 1. The third kappa shape index (κ3) is 3.38. The fourth-order valence-electron chi connectivity index (χ4n) is 3.30. The molecule has 0 saturated heterocycles. The van der Waals surface area contributed by atoms with Crippen LogP contribution in [0.3, 0.4) is 0 Å². The Kier molecular flexibility index (Phi) is 4.44. The summed E-state index contributed by atoms with van der Waals surface area (Å²) in [6.45, 7) is 4.41. The van der Waals surface area contributed by atoms with Crippen molar-refractivity contribution in [1.29, 1.82) is 0 Å². The van der Waals surface area contributed by atoms with Gasteiger partial charge in [-0.05, 0) is 43.9 Å². The summed E-state index contributed by atoms with van der Waals surface area (Å²) >= 11 is 0. The lowest BCUT2D eigenvalue weighted by atomic mass is 10.1. The Morgan fingerprint density at radius 3 is 2.95 bits per heavy atom. The second kappa shape index (κ2) is 6.48. The van der Waals surface area contributed by atoms with E-state index in [1.54, 1.807) is 0 Å². The van der Waals surface area contributed by atoms with E-state index in [2.05, 4.69) is 29.3 Å². The number of likely N-dealkylation sites (N-methyl/N-ethyl adjacent to an activating group) is 1. The number of hydrogen-bond donors (Lipinski definition) is 1. The van der Waals surface area contributed by atoms with E-state index < -0.39 is 0 Å². The van der Waals surface area contributed by atoms with Gasteiger partial charge in [0.15, 0.2) is 0 Å². The molecule has 1 heterocycles. The zero-order valence-electron chi connectivity index (χ0n) is 12.7. The number of nitrogens with zero attached hydrogens (tertiary/aromatic N) is 1. The molecule has 0 atom stereocenters. The number of amides is 1. The normalized spacial score (nSPS) is 18.0. The molecule has 4 nitrogen and oxygen atoms in total. The summed E-state index contributed by atoms with van der Waals surface area (Å²) in [6.07, 6.45) is 6.03. The van der Waals surface area contributed by atoms with Gasteiger partial charge in [0, 0.05) is 24.5 Å². The molecule has 4 heteroatoms. The van der Waals surface area contributed by atoms with Gasteiger partial charge >= 0.3 is 0 Å². The number of carbonyl (C=O) groups is 1. The maximum Gasteiger partial charge on any atom is 0.250 e. The molecule has 1 amide bonds. The molecule has 0 spiro atoms. The van der Waals surface area contributed by atoms with E-state index in [1.165, 1.54) is 24.1 Å². The second-order valence-corrected chi connectivity index (χ2v) is 5.94. The summed E-state index contributed by atoms with van der Waals surface area (Å²) in [6, 6.07) is 6.20. The summed E-state index contributed by atoms with van der Waals surface area (Å²) in [5.41, 5.74) is 3.50. The van der Waals surface area contributed by atoms with Gasteiger partial charge < -0.3 is 15.0 Å². The number of fused-ring (bicyclic) bond motifs is 1. The van der Waals surface area contributed by atoms with Gasteiger partial charge in [0.2, 0.25) is 5.91 Å². The molecule has 1 N–H and O–H groups in total. The second-order valence-electron chi connectivity index (χ2n) is 5.94. The lowest BCUT2D eigenvalue weighted by Crippen LogP contribution is -2.22. The first kappa shape index (κ1) is 14.4. The predicted octanol–water partition coefficient (Wildman–Crippen LogP) is 2.97. The standard InChI is InChI=1S/C17H24N2O2/c1-2-19-10-9-13-7-8-14(11-16(13)19)18-17(20)12-21-15-5-3-4-6-15/h7-8,11,15H,2-6,9-10,12H2,1H3,(H,18,20). The summed E-state index contributed by atoms with van der Waals surface area (Å²) < 4.78 is 5.65. The van der Waals surface area contributed by atoms with Crippen molar-refractivity contribution < 1.29 is 9.53 Å². The Morgan fingerprint density at radius 2 is 2.19 bits per heavy atom. The monoisotopic (exact) mass is 288 g/mol. The van der Waals surface area contributed by atoms with Crippen LogP contribution in [0.5, 0.6) is 0 Å². The number of nitrogens with one attached hydrogen (secondary N) is 1. The minimum Gasteiger partial charge on any atom is -0.371 e. The van der Waals surface area contributed by atoms with Crippen LogP contribution in [-0.2, 0) is 16.0 Å². The van der Waals surface area contributed by atoms with Crippen LogP contribution in [0.1, 0.15) is 38.2 Å². The molecule has 1 aliphatic carbocycles. The molecule has 1 aliphatic heterocycles. The third-order valence-corrected chi connectivity index (χ3v) is 4.49. The van der Waals surface area contributed by atoms with Gasteiger partial charge in [-0.3, -0.25) is 4.79 Å². The highest BCUT2D eigenvalue weighted by atomic mass is 16.5. The topological polar surface area (TPSA) is 41.6 Å². The van der Waals surface area contributed by atoms with Gasteiger partial charge in [0.25, 0.3) is 0 Å². The van der Waals surface area contributed by atoms with Crippen LogP contribution in [0, 0.1) is 0 Å². The molecule has 0 aromatic heterocycles. The van der Waals surface area contributed by atoms with E-state index in [0.717, 1.165) is 38.0 Å². The Hall–Kier alpha value is -1.55. The fourth-order valence-corrected chi connectivity index (χ4v) is 3.30. The van der Waals surface area contributed by atoms with Gasteiger partial charge in [0.1, 0.15) is 6.61 Å². The first-order valence-electron chi connectivity index (χ1n) is 8.05. The van der Waals surface area contributed by atoms with Crippen molar-refractivity contribution in [1.82, 2.24) is 0 Å². The van der Waals surface area contributed by atoms with Crippen molar-refractivity contribution in [2.75, 3.05) is 29.9 Å². The zero-order valence-corrected chi connectivity index (χ0v) is 12.7. The average molecular weight is 288 g/mol. The summed E-state index contributed by atoms with van der Waals surface area (Å²) in [4.78, 5) is 14.3. The highest BCUT2D eigenvalue weighted by molar-refractivity contribution is 5.92. The summed E-state index contributed by atoms with van der Waals surface area (Å²) in [7, 11) is 0. The smallest absolute Gasteiger partial charge is 0.250 e. The molecular formula is C17H24N2O2. The van der Waals surface area contributed by atoms with Crippen LogP contribution >= 0.6 is 0 Å². The first-order valence-corrected chi connectivity index (χ1v) is 8.05. The van der Waals surface area contributed by atoms with Crippen LogP contribution in [0.25, 0.3) is 0 Å². The molecule has 1 aromatic carbocycles. The van der Waals surface area contributed by atoms with E-state index in [0.29, 0.717) is 0 Å². The Labute approximate surface area is 126 Å². The number of hydrogen-bond acceptors (Lipinski definition) is 3. The van der Waals surface area contributed by atoms with E-state index in [-0.39, 0.29) is 18.6 Å². The summed E-state index contributed by atoms with van der Waals surface area (Å²) in [5.74, 6) is -0.0529. The van der Waals surface area contributed by atoms with Crippen molar-refractivity contribution in [2.24, 2.45) is 0 Å². The van der Waals surface area contributed by atoms with Crippen LogP contribution in [0.2, 0.25) is 0 Å². The van der Waals surface area contributed by atoms with E-state index in [4.69, 9.17) is 4.74 Å². The van der Waals surface area contributed by atoms with Gasteiger partial charge in [-0.15, -0.1) is 0 Å². The fraction of sp³-hybridized carbons (Fsp3) is 0.588. The van der Waals surface area contributed by atoms with Gasteiger partial charge in [-0.25, -0.2) is 0 Å². The number of anilines is 2. The molecule has 1 saturated carbocycles. The molecule has 0 unspecified atom stereocenters. The molecule has 0 bridgehead atoms. The van der Waals surface area contributed by atoms with Gasteiger partial charge in [-0.1, -0.05) is 18.9 Å². The molecule has 1 fully saturated rings. The van der Waals surface area contributed by atoms with Crippen molar-refractivity contribution >= 4 is 17.3 Å². The lowest BCUT2D eigenvalue weighted by molar-refractivity contribution is -0.122. The number of ether oxygens (including phenoxy) is 1.